The molecule has 1 aliphatic heterocycles. The van der Waals surface area contributed by atoms with E-state index in [1.165, 1.54) is 88.9 Å². The van der Waals surface area contributed by atoms with Crippen molar-refractivity contribution in [2.75, 3.05) is 9.80 Å². The molecule has 3 aliphatic rings. The van der Waals surface area contributed by atoms with Gasteiger partial charge in [0.2, 0.25) is 0 Å². The lowest BCUT2D eigenvalue weighted by atomic mass is 9.64. The highest BCUT2D eigenvalue weighted by atomic mass is 15.2. The molecule has 1 atom stereocenters. The Morgan fingerprint density at radius 2 is 0.922 bits per heavy atom. The van der Waals surface area contributed by atoms with Gasteiger partial charge < -0.3 is 9.80 Å². The van der Waals surface area contributed by atoms with Crippen molar-refractivity contribution in [2.24, 2.45) is 0 Å². The van der Waals surface area contributed by atoms with Crippen LogP contribution in [0.5, 0.6) is 0 Å². The Morgan fingerprint density at radius 1 is 0.359 bits per heavy atom. The molecular weight excluding hydrogens is 773 g/mol. The van der Waals surface area contributed by atoms with Gasteiger partial charge in [0.25, 0.3) is 0 Å². The van der Waals surface area contributed by atoms with Gasteiger partial charge in [0.05, 0.1) is 16.8 Å². The van der Waals surface area contributed by atoms with Crippen molar-refractivity contribution < 1.29 is 0 Å². The van der Waals surface area contributed by atoms with E-state index in [2.05, 4.69) is 254 Å². The molecule has 0 radical (unpaired) electrons. The minimum absolute atomic E-state index is 0.0870. The molecule has 10 aromatic carbocycles. The van der Waals surface area contributed by atoms with Crippen LogP contribution in [-0.2, 0) is 10.8 Å². The Kier molecular flexibility index (Phi) is 7.90. The molecule has 2 aliphatic carbocycles. The topological polar surface area (TPSA) is 6.48 Å². The quantitative estimate of drug-likeness (QED) is 0.165. The van der Waals surface area contributed by atoms with E-state index in [0.29, 0.717) is 0 Å². The lowest BCUT2D eigenvalue weighted by molar-refractivity contribution is 0.660. The first-order valence-electron chi connectivity index (χ1n) is 22.4. The smallest absolute Gasteiger partial charge is 0.0754 e. The van der Waals surface area contributed by atoms with Crippen LogP contribution in [0.25, 0.3) is 44.2 Å². The second kappa shape index (κ2) is 13.8. The molecule has 0 saturated heterocycles. The summed E-state index contributed by atoms with van der Waals surface area (Å²) in [7, 11) is 0. The first-order valence-corrected chi connectivity index (χ1v) is 22.4. The van der Waals surface area contributed by atoms with Crippen LogP contribution < -0.4 is 9.80 Å². The van der Waals surface area contributed by atoms with E-state index in [1.54, 1.807) is 0 Å². The molecule has 0 saturated carbocycles. The Labute approximate surface area is 375 Å². The highest BCUT2D eigenvalue weighted by Gasteiger charge is 2.52. The average molecular weight is 817 g/mol. The van der Waals surface area contributed by atoms with Gasteiger partial charge in [0.1, 0.15) is 0 Å². The zero-order chi connectivity index (χ0) is 42.6. The number of nitrogens with zero attached hydrogens (tertiary/aromatic N) is 2. The molecule has 2 heteroatoms. The van der Waals surface area contributed by atoms with Gasteiger partial charge in [-0.15, -0.1) is 0 Å². The molecule has 302 valence electrons. The molecule has 0 amide bonds. The summed E-state index contributed by atoms with van der Waals surface area (Å²) in [4.78, 5) is 4.87. The minimum Gasteiger partial charge on any atom is -0.310 e. The van der Waals surface area contributed by atoms with E-state index >= 15 is 0 Å². The van der Waals surface area contributed by atoms with Crippen LogP contribution >= 0.6 is 0 Å². The van der Waals surface area contributed by atoms with Crippen LogP contribution in [-0.4, -0.2) is 0 Å². The maximum absolute atomic E-state index is 2.49. The molecule has 13 rings (SSSR count). The van der Waals surface area contributed by atoms with Gasteiger partial charge in [-0.05, 0) is 145 Å². The average Bonchev–Trinajstić information content (AvgIpc) is 3.78. The van der Waals surface area contributed by atoms with Gasteiger partial charge in [0.15, 0.2) is 0 Å². The van der Waals surface area contributed by atoms with Gasteiger partial charge in [-0.3, -0.25) is 0 Å². The summed E-state index contributed by atoms with van der Waals surface area (Å²) in [6, 6.07) is 85.7. The fourth-order valence-corrected chi connectivity index (χ4v) is 11.6. The van der Waals surface area contributed by atoms with E-state index in [-0.39, 0.29) is 5.41 Å². The lowest BCUT2D eigenvalue weighted by Gasteiger charge is -2.44. The van der Waals surface area contributed by atoms with Crippen molar-refractivity contribution in [3.05, 3.63) is 264 Å². The van der Waals surface area contributed by atoms with Crippen LogP contribution in [0.4, 0.5) is 34.1 Å². The maximum Gasteiger partial charge on any atom is 0.0754 e. The fourth-order valence-electron chi connectivity index (χ4n) is 11.6. The first kappa shape index (κ1) is 36.7. The Bertz CT molecular complexity index is 3480. The van der Waals surface area contributed by atoms with Gasteiger partial charge in [-0.25, -0.2) is 0 Å². The van der Waals surface area contributed by atoms with Crippen LogP contribution in [0.3, 0.4) is 0 Å². The largest absolute Gasteiger partial charge is 0.310 e. The van der Waals surface area contributed by atoms with Gasteiger partial charge in [-0.2, -0.15) is 0 Å². The third kappa shape index (κ3) is 5.14. The summed E-state index contributed by atoms with van der Waals surface area (Å²) < 4.78 is 0. The standard InChI is InChI=1S/C62H44N2/c1-61(2)54-25-13-12-23-50(54)51-36-34-49(40-56(51)61)63(46-19-8-4-9-20-46)48-33-31-42-37-41(29-30-43(42)38-48)44-32-35-52-53-24-16-28-59-60(53)62(57(52)39-44,45-17-6-3-7-18-45)55-26-14-15-27-58(55)64(59)47-21-10-5-11-22-47/h3-40H,1-2H3. The number of rotatable bonds is 6. The van der Waals surface area contributed by atoms with Gasteiger partial charge >= 0.3 is 0 Å². The van der Waals surface area contributed by atoms with Crippen molar-refractivity contribution in [2.45, 2.75) is 24.7 Å². The summed E-state index contributed by atoms with van der Waals surface area (Å²) in [6.07, 6.45) is 0. The summed E-state index contributed by atoms with van der Waals surface area (Å²) in [6.45, 7) is 4.71. The molecule has 0 bridgehead atoms. The molecule has 0 spiro atoms. The summed E-state index contributed by atoms with van der Waals surface area (Å²) in [5, 5.41) is 2.42. The highest BCUT2D eigenvalue weighted by Crippen LogP contribution is 2.65. The molecule has 64 heavy (non-hydrogen) atoms. The number of hydrogen-bond donors (Lipinski definition) is 0. The Morgan fingerprint density at radius 3 is 1.75 bits per heavy atom. The summed E-state index contributed by atoms with van der Waals surface area (Å²) >= 11 is 0. The number of hydrogen-bond acceptors (Lipinski definition) is 2. The fraction of sp³-hybridized carbons (Fsp3) is 0.0645. The molecule has 0 fully saturated rings. The SMILES string of the molecule is CC1(C)c2ccccc2-c2ccc(N(c3ccccc3)c3ccc4cc(-c5ccc6c(c5)C5(c7ccccc7)c7ccccc7N(c7ccccc7)c7cccc-6c75)ccc4c3)cc21. The van der Waals surface area contributed by atoms with E-state index < -0.39 is 5.41 Å². The van der Waals surface area contributed by atoms with Crippen molar-refractivity contribution >= 4 is 44.9 Å². The van der Waals surface area contributed by atoms with E-state index in [1.807, 2.05) is 0 Å². The summed E-state index contributed by atoms with van der Waals surface area (Å²) in [5.41, 5.74) is 22.1. The van der Waals surface area contributed by atoms with Crippen LogP contribution in [0.2, 0.25) is 0 Å². The van der Waals surface area contributed by atoms with Crippen molar-refractivity contribution in [3.63, 3.8) is 0 Å². The predicted octanol–water partition coefficient (Wildman–Crippen LogP) is 16.4. The zero-order valence-corrected chi connectivity index (χ0v) is 35.8. The van der Waals surface area contributed by atoms with Crippen molar-refractivity contribution in [1.82, 2.24) is 0 Å². The number of benzene rings is 10. The molecule has 1 heterocycles. The van der Waals surface area contributed by atoms with E-state index in [0.717, 1.165) is 22.7 Å². The number of anilines is 6. The second-order valence-corrected chi connectivity index (χ2v) is 18.1. The second-order valence-electron chi connectivity index (χ2n) is 18.1. The maximum atomic E-state index is 2.49. The van der Waals surface area contributed by atoms with Crippen LogP contribution in [0.15, 0.2) is 231 Å². The van der Waals surface area contributed by atoms with E-state index in [4.69, 9.17) is 0 Å². The molecule has 2 nitrogen and oxygen atoms in total. The summed E-state index contributed by atoms with van der Waals surface area (Å²) in [5.74, 6) is 0. The molecular formula is C62H44N2. The monoisotopic (exact) mass is 816 g/mol. The van der Waals surface area contributed by atoms with Crippen LogP contribution in [0.1, 0.15) is 47.2 Å². The lowest BCUT2D eigenvalue weighted by Crippen LogP contribution is -2.35. The molecule has 1 unspecified atom stereocenters. The predicted molar refractivity (Wildman–Crippen MR) is 267 cm³/mol. The number of fused-ring (bicyclic) bond motifs is 9. The van der Waals surface area contributed by atoms with Gasteiger partial charge in [0, 0.05) is 33.7 Å². The van der Waals surface area contributed by atoms with E-state index in [9.17, 15) is 0 Å². The normalized spacial score (nSPS) is 15.8. The Balaban J connectivity index is 0.939. The third-order valence-corrected chi connectivity index (χ3v) is 14.4. The van der Waals surface area contributed by atoms with Crippen LogP contribution in [0, 0.1) is 0 Å². The van der Waals surface area contributed by atoms with Crippen molar-refractivity contribution in [1.29, 1.82) is 0 Å². The minimum atomic E-state index is -0.497. The Hall–Kier alpha value is -7.94. The zero-order valence-electron chi connectivity index (χ0n) is 35.8. The van der Waals surface area contributed by atoms with Crippen molar-refractivity contribution in [3.8, 4) is 33.4 Å². The third-order valence-electron chi connectivity index (χ3n) is 14.4. The molecule has 0 aromatic heterocycles. The number of para-hydroxylation sites is 3. The first-order chi connectivity index (χ1) is 31.5. The highest BCUT2D eigenvalue weighted by molar-refractivity contribution is 6.00. The molecule has 0 N–H and O–H groups in total. The van der Waals surface area contributed by atoms with Gasteiger partial charge in [-0.1, -0.05) is 172 Å². The molecule has 10 aromatic rings.